The normalized spacial score (nSPS) is 16.3. The summed E-state index contributed by atoms with van der Waals surface area (Å²) in [6.45, 7) is 3.67. The van der Waals surface area contributed by atoms with Crippen molar-refractivity contribution in [3.8, 4) is 28.6 Å². The Hall–Kier alpha value is -5.11. The molecule has 0 saturated carbocycles. The van der Waals surface area contributed by atoms with Crippen LogP contribution in [0.1, 0.15) is 45.7 Å². The smallest absolute Gasteiger partial charge is 0.336 e. The highest BCUT2D eigenvalue weighted by atomic mass is 16.6. The van der Waals surface area contributed by atoms with Crippen molar-refractivity contribution in [2.24, 2.45) is 0 Å². The van der Waals surface area contributed by atoms with Gasteiger partial charge < -0.3 is 19.5 Å². The van der Waals surface area contributed by atoms with Crippen LogP contribution in [0.5, 0.6) is 11.5 Å². The average molecular weight is 574 g/mol. The summed E-state index contributed by atoms with van der Waals surface area (Å²) >= 11 is 0. The highest BCUT2D eigenvalue weighted by Crippen LogP contribution is 2.35. The predicted molar refractivity (Wildman–Crippen MR) is 165 cm³/mol. The Kier molecular flexibility index (Phi) is 6.81. The first kappa shape index (κ1) is 26.8. The number of imidazole rings is 1. The Morgan fingerprint density at radius 2 is 1.67 bits per heavy atom. The average Bonchev–Trinajstić information content (AvgIpc) is 3.49. The van der Waals surface area contributed by atoms with Crippen LogP contribution in [-0.4, -0.2) is 52.2 Å². The van der Waals surface area contributed by atoms with Crippen molar-refractivity contribution in [2.45, 2.75) is 32.2 Å². The molecule has 1 N–H and O–H groups in total. The van der Waals surface area contributed by atoms with Crippen LogP contribution >= 0.6 is 0 Å². The molecule has 2 aliphatic heterocycles. The first-order valence-corrected chi connectivity index (χ1v) is 14.6. The van der Waals surface area contributed by atoms with Crippen molar-refractivity contribution in [3.05, 3.63) is 102 Å². The minimum absolute atomic E-state index is 0.0885. The number of carbonyl (C=O) groups is 2. The van der Waals surface area contributed by atoms with E-state index in [-0.39, 0.29) is 11.3 Å². The fourth-order valence-corrected chi connectivity index (χ4v) is 6.11. The van der Waals surface area contributed by atoms with E-state index in [1.807, 2.05) is 84.3 Å². The SMILES string of the molecule is Cc1ccc(-c2nc(C(=O)C3CCCCN3c3cc(C(=O)O)c4ccccc4c3)cn2-c2ccc3c(c2)OCCO3)cc1. The number of Topliss-reactive ketones (excluding diaryl/α,β-unsaturated/α-hetero) is 1. The summed E-state index contributed by atoms with van der Waals surface area (Å²) in [5, 5.41) is 11.5. The summed E-state index contributed by atoms with van der Waals surface area (Å²) in [4.78, 5) is 33.5. The van der Waals surface area contributed by atoms with Gasteiger partial charge >= 0.3 is 5.97 Å². The maximum atomic E-state index is 14.3. The fourth-order valence-electron chi connectivity index (χ4n) is 6.11. The second-order valence-corrected chi connectivity index (χ2v) is 11.1. The number of hydrogen-bond donors (Lipinski definition) is 1. The van der Waals surface area contributed by atoms with Gasteiger partial charge in [-0.05, 0) is 61.2 Å². The quantitative estimate of drug-likeness (QED) is 0.226. The molecule has 5 aromatic rings. The van der Waals surface area contributed by atoms with Gasteiger partial charge in [0.2, 0.25) is 5.78 Å². The number of nitrogens with zero attached hydrogens (tertiary/aromatic N) is 3. The molecule has 1 fully saturated rings. The third-order valence-corrected chi connectivity index (χ3v) is 8.29. The molecule has 1 aromatic heterocycles. The number of carbonyl (C=O) groups excluding carboxylic acids is 1. The number of aryl methyl sites for hydroxylation is 1. The number of piperidine rings is 1. The third-order valence-electron chi connectivity index (χ3n) is 8.29. The molecule has 2 aliphatic rings. The van der Waals surface area contributed by atoms with E-state index < -0.39 is 12.0 Å². The third kappa shape index (κ3) is 4.99. The molecular formula is C35H31N3O5. The summed E-state index contributed by atoms with van der Waals surface area (Å²) in [7, 11) is 0. The lowest BCUT2D eigenvalue weighted by Crippen LogP contribution is -2.45. The molecular weight excluding hydrogens is 542 g/mol. The first-order valence-electron chi connectivity index (χ1n) is 14.6. The minimum Gasteiger partial charge on any atom is -0.486 e. The molecule has 43 heavy (non-hydrogen) atoms. The van der Waals surface area contributed by atoms with E-state index in [4.69, 9.17) is 14.5 Å². The van der Waals surface area contributed by atoms with Crippen LogP contribution < -0.4 is 14.4 Å². The topological polar surface area (TPSA) is 93.9 Å². The zero-order chi connectivity index (χ0) is 29.5. The van der Waals surface area contributed by atoms with E-state index in [9.17, 15) is 14.7 Å². The lowest BCUT2D eigenvalue weighted by molar-refractivity contribution is 0.0699. The summed E-state index contributed by atoms with van der Waals surface area (Å²) in [5.74, 6) is 0.927. The van der Waals surface area contributed by atoms with Crippen LogP contribution in [0.4, 0.5) is 5.69 Å². The van der Waals surface area contributed by atoms with Crippen molar-refractivity contribution >= 4 is 28.2 Å². The number of fused-ring (bicyclic) bond motifs is 2. The first-order chi connectivity index (χ1) is 21.0. The number of ketones is 1. The second-order valence-electron chi connectivity index (χ2n) is 11.1. The number of aromatic nitrogens is 2. The number of aromatic carboxylic acids is 1. The number of rotatable bonds is 6. The van der Waals surface area contributed by atoms with Crippen LogP contribution in [0.2, 0.25) is 0 Å². The van der Waals surface area contributed by atoms with Gasteiger partial charge in [0.1, 0.15) is 24.7 Å². The van der Waals surface area contributed by atoms with E-state index in [1.165, 1.54) is 0 Å². The van der Waals surface area contributed by atoms with Gasteiger partial charge in [-0.3, -0.25) is 9.36 Å². The molecule has 8 nitrogen and oxygen atoms in total. The molecule has 0 bridgehead atoms. The fraction of sp³-hybridized carbons (Fsp3) is 0.229. The van der Waals surface area contributed by atoms with Crippen molar-refractivity contribution in [2.75, 3.05) is 24.7 Å². The van der Waals surface area contributed by atoms with E-state index in [2.05, 4.69) is 4.90 Å². The molecule has 0 spiro atoms. The van der Waals surface area contributed by atoms with Gasteiger partial charge in [-0.2, -0.15) is 0 Å². The Morgan fingerprint density at radius 1 is 0.884 bits per heavy atom. The van der Waals surface area contributed by atoms with Crippen molar-refractivity contribution in [3.63, 3.8) is 0 Å². The highest BCUT2D eigenvalue weighted by Gasteiger charge is 2.33. The van der Waals surface area contributed by atoms with E-state index in [0.29, 0.717) is 54.6 Å². The molecule has 216 valence electrons. The van der Waals surface area contributed by atoms with Gasteiger partial charge in [0, 0.05) is 30.1 Å². The summed E-state index contributed by atoms with van der Waals surface area (Å²) < 4.78 is 13.5. The van der Waals surface area contributed by atoms with Crippen LogP contribution in [-0.2, 0) is 0 Å². The van der Waals surface area contributed by atoms with Crippen LogP contribution in [0, 0.1) is 6.92 Å². The van der Waals surface area contributed by atoms with Gasteiger partial charge in [0.05, 0.1) is 17.3 Å². The zero-order valence-corrected chi connectivity index (χ0v) is 23.8. The molecule has 4 aromatic carbocycles. The monoisotopic (exact) mass is 573 g/mol. The maximum absolute atomic E-state index is 14.3. The molecule has 7 rings (SSSR count). The van der Waals surface area contributed by atoms with E-state index >= 15 is 0 Å². The molecule has 3 heterocycles. The van der Waals surface area contributed by atoms with Crippen LogP contribution in [0.15, 0.2) is 85.1 Å². The summed E-state index contributed by atoms with van der Waals surface area (Å²) in [6, 6.07) is 24.5. The maximum Gasteiger partial charge on any atom is 0.336 e. The number of hydrogen-bond acceptors (Lipinski definition) is 6. The van der Waals surface area contributed by atoms with Gasteiger partial charge in [-0.15, -0.1) is 0 Å². The van der Waals surface area contributed by atoms with Crippen LogP contribution in [0.25, 0.3) is 27.8 Å². The van der Waals surface area contributed by atoms with Gasteiger partial charge in [-0.1, -0.05) is 54.1 Å². The summed E-state index contributed by atoms with van der Waals surface area (Å²) in [6.07, 6.45) is 4.28. The number of benzene rings is 4. The molecule has 1 unspecified atom stereocenters. The van der Waals surface area contributed by atoms with E-state index in [0.717, 1.165) is 40.7 Å². The van der Waals surface area contributed by atoms with Gasteiger partial charge in [0.15, 0.2) is 11.5 Å². The number of ether oxygens (including phenoxy) is 2. The molecule has 1 atom stereocenters. The molecule has 0 radical (unpaired) electrons. The number of carboxylic acid groups (broad SMARTS) is 1. The standard InChI is InChI=1S/C35H31N3O5/c1-22-9-11-23(12-10-22)34-36-29(21-38(34)25-13-14-31-32(20-25)43-17-16-42-31)33(39)30-8-4-5-15-37(30)26-18-24-6-2-3-7-27(24)28(19-26)35(40)41/h2-3,6-7,9-14,18-21,30H,4-5,8,15-17H2,1H3,(H,40,41). The van der Waals surface area contributed by atoms with Crippen molar-refractivity contribution in [1.29, 1.82) is 0 Å². The van der Waals surface area contributed by atoms with Gasteiger partial charge in [0.25, 0.3) is 0 Å². The molecule has 1 saturated heterocycles. The Balaban J connectivity index is 1.30. The van der Waals surface area contributed by atoms with Crippen LogP contribution in [0.3, 0.4) is 0 Å². The number of anilines is 1. The van der Waals surface area contributed by atoms with Gasteiger partial charge in [-0.25, -0.2) is 9.78 Å². The summed E-state index contributed by atoms with van der Waals surface area (Å²) in [5.41, 5.74) is 4.16. The van der Waals surface area contributed by atoms with Crippen molar-refractivity contribution < 1.29 is 24.2 Å². The number of carboxylic acids is 1. The Morgan fingerprint density at radius 3 is 2.49 bits per heavy atom. The predicted octanol–water partition coefficient (Wildman–Crippen LogP) is 6.71. The van der Waals surface area contributed by atoms with E-state index in [1.54, 1.807) is 12.3 Å². The zero-order valence-electron chi connectivity index (χ0n) is 23.8. The van der Waals surface area contributed by atoms with Crippen molar-refractivity contribution in [1.82, 2.24) is 9.55 Å². The molecule has 0 aliphatic carbocycles. The lowest BCUT2D eigenvalue weighted by atomic mass is 9.95. The second kappa shape index (κ2) is 10.9. The largest absolute Gasteiger partial charge is 0.486 e. The lowest BCUT2D eigenvalue weighted by Gasteiger charge is -2.36. The minimum atomic E-state index is -0.987. The highest BCUT2D eigenvalue weighted by molar-refractivity contribution is 6.06. The Labute approximate surface area is 249 Å². The molecule has 0 amide bonds. The molecule has 8 heteroatoms. The Bertz CT molecular complexity index is 1860.